The number of aliphatic hydroxyl groups excluding tert-OH is 1. The van der Waals surface area contributed by atoms with Crippen LogP contribution in [0.1, 0.15) is 18.6 Å². The quantitative estimate of drug-likeness (QED) is 0.829. The summed E-state index contributed by atoms with van der Waals surface area (Å²) in [4.78, 5) is 10.9. The Labute approximate surface area is 86.1 Å². The van der Waals surface area contributed by atoms with Crippen molar-refractivity contribution in [2.45, 2.75) is 13.0 Å². The zero-order chi connectivity index (χ0) is 10.0. The predicted octanol–water partition coefficient (Wildman–Crippen LogP) is 2.62. The van der Waals surface area contributed by atoms with Gasteiger partial charge in [-0.3, -0.25) is 4.79 Å². The molecule has 0 bridgehead atoms. The fourth-order valence-corrected chi connectivity index (χ4v) is 1.58. The van der Waals surface area contributed by atoms with Gasteiger partial charge in [0.25, 0.3) is 0 Å². The fourth-order valence-electron chi connectivity index (χ4n) is 0.975. The first-order valence-electron chi connectivity index (χ1n) is 3.66. The van der Waals surface area contributed by atoms with Gasteiger partial charge in [-0.2, -0.15) is 0 Å². The molecule has 4 heteroatoms. The van der Waals surface area contributed by atoms with Gasteiger partial charge < -0.3 is 5.11 Å². The van der Waals surface area contributed by atoms with Gasteiger partial charge in [0.05, 0.1) is 0 Å². The molecule has 0 radical (unpaired) electrons. The number of rotatable bonds is 2. The number of carbonyl (C=O) groups excluding carboxylic acids is 1. The van der Waals surface area contributed by atoms with Crippen LogP contribution in [0.3, 0.4) is 0 Å². The van der Waals surface area contributed by atoms with Crippen molar-refractivity contribution in [3.63, 3.8) is 0 Å². The third-order valence-electron chi connectivity index (χ3n) is 1.66. The molecule has 1 aromatic carbocycles. The summed E-state index contributed by atoms with van der Waals surface area (Å²) in [5, 5.41) is 10.0. The van der Waals surface area contributed by atoms with Crippen molar-refractivity contribution in [3.8, 4) is 0 Å². The lowest BCUT2D eigenvalue weighted by molar-refractivity contribution is -0.125. The minimum absolute atomic E-state index is 0.276. The molecule has 1 atom stereocenters. The van der Waals surface area contributed by atoms with E-state index in [1.807, 2.05) is 0 Å². The first kappa shape index (κ1) is 10.5. The van der Waals surface area contributed by atoms with Gasteiger partial charge in [0, 0.05) is 15.6 Å². The van der Waals surface area contributed by atoms with E-state index in [2.05, 4.69) is 0 Å². The highest BCUT2D eigenvalue weighted by Gasteiger charge is 2.18. The maximum Gasteiger partial charge on any atom is 0.162 e. The van der Waals surface area contributed by atoms with Crippen molar-refractivity contribution < 1.29 is 9.90 Å². The molecule has 13 heavy (non-hydrogen) atoms. The molecular formula is C9H8Cl2O2. The van der Waals surface area contributed by atoms with Gasteiger partial charge in [-0.25, -0.2) is 0 Å². The van der Waals surface area contributed by atoms with Gasteiger partial charge in [0.1, 0.15) is 6.10 Å². The van der Waals surface area contributed by atoms with Crippen molar-refractivity contribution >= 4 is 29.0 Å². The molecular weight excluding hydrogens is 211 g/mol. The van der Waals surface area contributed by atoms with Crippen molar-refractivity contribution in [3.05, 3.63) is 33.8 Å². The molecule has 0 fully saturated rings. The van der Waals surface area contributed by atoms with Gasteiger partial charge >= 0.3 is 0 Å². The van der Waals surface area contributed by atoms with Gasteiger partial charge in [0.15, 0.2) is 5.78 Å². The molecule has 1 unspecified atom stereocenters. The summed E-state index contributed by atoms with van der Waals surface area (Å²) < 4.78 is 0. The first-order chi connectivity index (χ1) is 6.04. The van der Waals surface area contributed by atoms with Gasteiger partial charge in [0.2, 0.25) is 0 Å². The predicted molar refractivity (Wildman–Crippen MR) is 52.1 cm³/mol. The maximum atomic E-state index is 10.9. The molecule has 0 aliphatic heterocycles. The van der Waals surface area contributed by atoms with Gasteiger partial charge in [-0.1, -0.05) is 29.3 Å². The van der Waals surface area contributed by atoms with E-state index >= 15 is 0 Å². The lowest BCUT2D eigenvalue weighted by Gasteiger charge is -2.10. The fraction of sp³-hybridized carbons (Fsp3) is 0.222. The molecule has 0 aliphatic carbocycles. The van der Waals surface area contributed by atoms with Crippen LogP contribution in [-0.2, 0) is 4.79 Å². The Morgan fingerprint density at radius 3 is 2.23 bits per heavy atom. The Kier molecular flexibility index (Phi) is 3.31. The number of hydrogen-bond acceptors (Lipinski definition) is 2. The van der Waals surface area contributed by atoms with Gasteiger partial charge in [-0.05, 0) is 19.1 Å². The SMILES string of the molecule is CC(=O)C(O)c1c(Cl)cccc1Cl. The largest absolute Gasteiger partial charge is 0.380 e. The molecule has 1 aromatic rings. The van der Waals surface area contributed by atoms with Crippen LogP contribution < -0.4 is 0 Å². The van der Waals surface area contributed by atoms with E-state index in [4.69, 9.17) is 23.2 Å². The van der Waals surface area contributed by atoms with Crippen LogP contribution in [-0.4, -0.2) is 10.9 Å². The number of Topliss-reactive ketones (excluding diaryl/α,β-unsaturated/α-hetero) is 1. The van der Waals surface area contributed by atoms with E-state index in [0.717, 1.165) is 0 Å². The number of carbonyl (C=O) groups is 1. The van der Waals surface area contributed by atoms with E-state index < -0.39 is 6.10 Å². The second kappa shape index (κ2) is 4.09. The highest BCUT2D eigenvalue weighted by molar-refractivity contribution is 6.36. The summed E-state index contributed by atoms with van der Waals surface area (Å²) in [6, 6.07) is 4.81. The molecule has 1 N–H and O–H groups in total. The Hall–Kier alpha value is -0.570. The molecule has 2 nitrogen and oxygen atoms in total. The van der Waals surface area contributed by atoms with Crippen LogP contribution in [0, 0.1) is 0 Å². The van der Waals surface area contributed by atoms with Crippen molar-refractivity contribution in [2.24, 2.45) is 0 Å². The standard InChI is InChI=1S/C9H8Cl2O2/c1-5(12)9(13)8-6(10)3-2-4-7(8)11/h2-4,9,13H,1H3. The summed E-state index contributed by atoms with van der Waals surface area (Å²) in [5.74, 6) is -0.380. The maximum absolute atomic E-state index is 10.9. The molecule has 0 aliphatic rings. The summed E-state index contributed by atoms with van der Waals surface area (Å²) >= 11 is 11.5. The number of halogens is 2. The zero-order valence-corrected chi connectivity index (χ0v) is 8.43. The Bertz CT molecular complexity index is 316. The normalized spacial score (nSPS) is 12.6. The minimum Gasteiger partial charge on any atom is -0.380 e. The van der Waals surface area contributed by atoms with Crippen LogP contribution in [0.15, 0.2) is 18.2 Å². The Morgan fingerprint density at radius 1 is 1.38 bits per heavy atom. The van der Waals surface area contributed by atoms with E-state index in [0.29, 0.717) is 10.0 Å². The van der Waals surface area contributed by atoms with Crippen LogP contribution >= 0.6 is 23.2 Å². The molecule has 1 rings (SSSR count). The zero-order valence-electron chi connectivity index (χ0n) is 6.92. The summed E-state index contributed by atoms with van der Waals surface area (Å²) in [5.41, 5.74) is 0.276. The number of hydrogen-bond donors (Lipinski definition) is 1. The third-order valence-corrected chi connectivity index (χ3v) is 2.32. The van der Waals surface area contributed by atoms with Crippen molar-refractivity contribution in [2.75, 3.05) is 0 Å². The van der Waals surface area contributed by atoms with Crippen LogP contribution in [0.2, 0.25) is 10.0 Å². The Morgan fingerprint density at radius 2 is 1.85 bits per heavy atom. The number of benzene rings is 1. The lowest BCUT2D eigenvalue weighted by atomic mass is 10.1. The lowest BCUT2D eigenvalue weighted by Crippen LogP contribution is -2.08. The molecule has 0 spiro atoms. The smallest absolute Gasteiger partial charge is 0.162 e. The topological polar surface area (TPSA) is 37.3 Å². The molecule has 70 valence electrons. The first-order valence-corrected chi connectivity index (χ1v) is 4.42. The average molecular weight is 219 g/mol. The second-order valence-electron chi connectivity index (χ2n) is 2.65. The third kappa shape index (κ3) is 2.21. The number of aliphatic hydroxyl groups is 1. The van der Waals surface area contributed by atoms with Crippen LogP contribution in [0.25, 0.3) is 0 Å². The van der Waals surface area contributed by atoms with E-state index in [1.54, 1.807) is 18.2 Å². The van der Waals surface area contributed by atoms with E-state index in [9.17, 15) is 9.90 Å². The van der Waals surface area contributed by atoms with Crippen molar-refractivity contribution in [1.82, 2.24) is 0 Å². The highest BCUT2D eigenvalue weighted by atomic mass is 35.5. The highest BCUT2D eigenvalue weighted by Crippen LogP contribution is 2.30. The molecule has 0 saturated carbocycles. The Balaban J connectivity index is 3.20. The van der Waals surface area contributed by atoms with Crippen LogP contribution in [0.5, 0.6) is 0 Å². The summed E-state index contributed by atoms with van der Waals surface area (Å²) in [6.07, 6.45) is -1.24. The molecule has 0 amide bonds. The average Bonchev–Trinajstić information content (AvgIpc) is 2.03. The number of ketones is 1. The molecule has 0 saturated heterocycles. The van der Waals surface area contributed by atoms with Gasteiger partial charge in [-0.15, -0.1) is 0 Å². The van der Waals surface area contributed by atoms with E-state index in [1.165, 1.54) is 6.92 Å². The summed E-state index contributed by atoms with van der Waals surface area (Å²) in [7, 11) is 0. The second-order valence-corrected chi connectivity index (χ2v) is 3.46. The van der Waals surface area contributed by atoms with E-state index in [-0.39, 0.29) is 11.3 Å². The molecule has 0 heterocycles. The minimum atomic E-state index is -1.24. The monoisotopic (exact) mass is 218 g/mol. The molecule has 0 aromatic heterocycles. The van der Waals surface area contributed by atoms with Crippen molar-refractivity contribution in [1.29, 1.82) is 0 Å². The summed E-state index contributed by atoms with van der Waals surface area (Å²) in [6.45, 7) is 1.28. The van der Waals surface area contributed by atoms with Crippen LogP contribution in [0.4, 0.5) is 0 Å².